The lowest BCUT2D eigenvalue weighted by Crippen LogP contribution is -2.51. The number of hydrogen-bond acceptors (Lipinski definition) is 4. The Balaban J connectivity index is 1.73. The molecular weight excluding hydrogens is 310 g/mol. The molecule has 0 bridgehead atoms. The number of urea groups is 1. The summed E-state index contributed by atoms with van der Waals surface area (Å²) in [6, 6.07) is 0.463. The Morgan fingerprint density at radius 1 is 1.17 bits per heavy atom. The summed E-state index contributed by atoms with van der Waals surface area (Å²) < 4.78 is 0. The zero-order valence-electron chi connectivity index (χ0n) is 13.7. The molecule has 0 aliphatic heterocycles. The molecule has 2 aliphatic rings. The lowest BCUT2D eigenvalue weighted by molar-refractivity contribution is -0.121. The van der Waals surface area contributed by atoms with Gasteiger partial charge >= 0.3 is 6.03 Å². The molecule has 0 radical (unpaired) electrons. The summed E-state index contributed by atoms with van der Waals surface area (Å²) in [7, 11) is 0. The number of carbonyl (C=O) groups excluding carboxylic acids is 2. The number of nitrogens with one attached hydrogen (secondary N) is 1. The van der Waals surface area contributed by atoms with Crippen molar-refractivity contribution in [3.63, 3.8) is 0 Å². The fraction of sp³-hybridized carbons (Fsp3) is 0.706. The van der Waals surface area contributed by atoms with E-state index in [4.69, 9.17) is 0 Å². The van der Waals surface area contributed by atoms with Gasteiger partial charge in [0.2, 0.25) is 0 Å². The van der Waals surface area contributed by atoms with E-state index in [1.54, 1.807) is 6.20 Å². The van der Waals surface area contributed by atoms with Crippen LogP contribution in [0.4, 0.5) is 9.93 Å². The van der Waals surface area contributed by atoms with Gasteiger partial charge in [0.25, 0.3) is 0 Å². The van der Waals surface area contributed by atoms with Gasteiger partial charge in [0.15, 0.2) is 5.13 Å². The molecule has 2 aliphatic carbocycles. The maximum absolute atomic E-state index is 12.9. The van der Waals surface area contributed by atoms with Crippen LogP contribution in [0.15, 0.2) is 6.20 Å². The molecule has 1 aromatic rings. The Labute approximate surface area is 141 Å². The Morgan fingerprint density at radius 3 is 2.43 bits per heavy atom. The number of aryl methyl sites for hydroxylation is 1. The van der Waals surface area contributed by atoms with Gasteiger partial charge in [-0.15, -0.1) is 11.3 Å². The van der Waals surface area contributed by atoms with E-state index in [0.29, 0.717) is 29.8 Å². The molecule has 23 heavy (non-hydrogen) atoms. The average Bonchev–Trinajstić information content (AvgIpc) is 2.95. The number of nitrogens with zero attached hydrogens (tertiary/aromatic N) is 2. The van der Waals surface area contributed by atoms with Crippen molar-refractivity contribution in [2.24, 2.45) is 0 Å². The summed E-state index contributed by atoms with van der Waals surface area (Å²) in [4.78, 5) is 31.8. The molecule has 0 aromatic carbocycles. The third-order valence-electron chi connectivity index (χ3n) is 4.94. The van der Waals surface area contributed by atoms with Gasteiger partial charge in [0, 0.05) is 36.0 Å². The van der Waals surface area contributed by atoms with Gasteiger partial charge < -0.3 is 4.90 Å². The van der Waals surface area contributed by atoms with Crippen LogP contribution in [0.5, 0.6) is 0 Å². The van der Waals surface area contributed by atoms with E-state index < -0.39 is 0 Å². The number of hydrogen-bond donors (Lipinski definition) is 1. The van der Waals surface area contributed by atoms with E-state index in [1.807, 2.05) is 11.8 Å². The molecular formula is C17H25N3O2S. The molecule has 0 atom stereocenters. The highest BCUT2D eigenvalue weighted by molar-refractivity contribution is 7.15. The summed E-state index contributed by atoms with van der Waals surface area (Å²) in [5.74, 6) is 0.334. The Bertz CT molecular complexity index is 556. The summed E-state index contributed by atoms with van der Waals surface area (Å²) in [5, 5.41) is 3.64. The van der Waals surface area contributed by atoms with E-state index in [2.05, 4.69) is 10.3 Å². The Hall–Kier alpha value is -1.43. The number of Topliss-reactive ketones (excluding diaryl/α,β-unsaturated/α-hetero) is 1. The van der Waals surface area contributed by atoms with Crippen molar-refractivity contribution in [2.45, 2.75) is 76.8 Å². The summed E-state index contributed by atoms with van der Waals surface area (Å²) >= 11 is 1.50. The highest BCUT2D eigenvalue weighted by Crippen LogP contribution is 2.30. The van der Waals surface area contributed by atoms with E-state index >= 15 is 0 Å². The van der Waals surface area contributed by atoms with Gasteiger partial charge in [-0.25, -0.2) is 9.78 Å². The highest BCUT2D eigenvalue weighted by atomic mass is 32.1. The van der Waals surface area contributed by atoms with Gasteiger partial charge in [-0.1, -0.05) is 19.3 Å². The molecule has 0 spiro atoms. The van der Waals surface area contributed by atoms with Gasteiger partial charge in [-0.2, -0.15) is 0 Å². The number of ketones is 1. The Morgan fingerprint density at radius 2 is 1.83 bits per heavy atom. The predicted octanol–water partition coefficient (Wildman–Crippen LogP) is 4.13. The molecule has 0 unspecified atom stereocenters. The smallest absolute Gasteiger partial charge is 0.318 e. The zero-order chi connectivity index (χ0) is 16.2. The zero-order valence-corrected chi connectivity index (χ0v) is 14.5. The second-order valence-electron chi connectivity index (χ2n) is 6.68. The van der Waals surface area contributed by atoms with E-state index in [-0.39, 0.29) is 12.1 Å². The van der Waals surface area contributed by atoms with Gasteiger partial charge in [0.1, 0.15) is 5.78 Å². The van der Waals surface area contributed by atoms with Crippen LogP contribution in [0.2, 0.25) is 0 Å². The summed E-state index contributed by atoms with van der Waals surface area (Å²) in [5.41, 5.74) is 0. The van der Waals surface area contributed by atoms with Gasteiger partial charge in [-0.05, 0) is 32.6 Å². The third-order valence-corrected chi connectivity index (χ3v) is 5.77. The average molecular weight is 335 g/mol. The summed E-state index contributed by atoms with van der Waals surface area (Å²) in [6.07, 6.45) is 10.4. The van der Waals surface area contributed by atoms with Crippen LogP contribution < -0.4 is 5.32 Å². The van der Waals surface area contributed by atoms with Crippen molar-refractivity contribution in [1.29, 1.82) is 0 Å². The van der Waals surface area contributed by atoms with Crippen LogP contribution in [0, 0.1) is 6.92 Å². The van der Waals surface area contributed by atoms with E-state index in [9.17, 15) is 9.59 Å². The first-order valence-corrected chi connectivity index (χ1v) is 9.48. The maximum atomic E-state index is 12.9. The predicted molar refractivity (Wildman–Crippen MR) is 91.8 cm³/mol. The molecule has 0 saturated heterocycles. The molecule has 1 aromatic heterocycles. The van der Waals surface area contributed by atoms with Crippen LogP contribution >= 0.6 is 11.3 Å². The topological polar surface area (TPSA) is 62.3 Å². The molecule has 6 heteroatoms. The number of amides is 2. The maximum Gasteiger partial charge on any atom is 0.324 e. The summed E-state index contributed by atoms with van der Waals surface area (Å²) in [6.45, 7) is 1.99. The second kappa shape index (κ2) is 7.43. The van der Waals surface area contributed by atoms with E-state index in [0.717, 1.165) is 30.6 Å². The van der Waals surface area contributed by atoms with Crippen LogP contribution in [0.25, 0.3) is 0 Å². The molecule has 126 valence electrons. The fourth-order valence-corrected chi connectivity index (χ4v) is 4.41. The lowest BCUT2D eigenvalue weighted by Gasteiger charge is -2.41. The van der Waals surface area contributed by atoms with Crippen LogP contribution in [0.1, 0.15) is 62.7 Å². The van der Waals surface area contributed by atoms with Gasteiger partial charge in [-0.3, -0.25) is 10.1 Å². The van der Waals surface area contributed by atoms with Crippen molar-refractivity contribution in [3.8, 4) is 0 Å². The number of aromatic nitrogens is 1. The quantitative estimate of drug-likeness (QED) is 0.903. The minimum atomic E-state index is -0.0365. The van der Waals surface area contributed by atoms with Crippen LogP contribution in [0.3, 0.4) is 0 Å². The van der Waals surface area contributed by atoms with Crippen LogP contribution in [-0.4, -0.2) is 33.8 Å². The molecule has 1 N–H and O–H groups in total. The first-order chi connectivity index (χ1) is 11.1. The lowest BCUT2D eigenvalue weighted by atomic mass is 9.88. The largest absolute Gasteiger partial charge is 0.324 e. The number of rotatable bonds is 3. The molecule has 5 nitrogen and oxygen atoms in total. The molecule has 2 amide bonds. The van der Waals surface area contributed by atoms with Crippen molar-refractivity contribution in [1.82, 2.24) is 9.88 Å². The van der Waals surface area contributed by atoms with E-state index in [1.165, 1.54) is 30.6 Å². The second-order valence-corrected chi connectivity index (χ2v) is 7.91. The molecule has 2 fully saturated rings. The first kappa shape index (κ1) is 16.4. The standard InChI is InChI=1S/C17H25N3O2S/c1-12-11-18-16(23-12)19-17(22)20(13-5-3-2-4-6-13)14-7-9-15(21)10-8-14/h11,13-14H,2-10H2,1H3,(H,18,19,22). The van der Waals surface area contributed by atoms with Gasteiger partial charge in [0.05, 0.1) is 0 Å². The Kier molecular flexibility index (Phi) is 5.30. The number of carbonyl (C=O) groups is 2. The number of anilines is 1. The highest BCUT2D eigenvalue weighted by Gasteiger charge is 2.34. The van der Waals surface area contributed by atoms with Crippen molar-refractivity contribution >= 4 is 28.3 Å². The molecule has 3 rings (SSSR count). The van der Waals surface area contributed by atoms with Crippen molar-refractivity contribution in [2.75, 3.05) is 5.32 Å². The SMILES string of the molecule is Cc1cnc(NC(=O)N(C2CCCCC2)C2CCC(=O)CC2)s1. The van der Waals surface area contributed by atoms with Crippen molar-refractivity contribution in [3.05, 3.63) is 11.1 Å². The normalized spacial score (nSPS) is 20.5. The monoisotopic (exact) mass is 335 g/mol. The van der Waals surface area contributed by atoms with Crippen molar-refractivity contribution < 1.29 is 9.59 Å². The first-order valence-electron chi connectivity index (χ1n) is 8.67. The third kappa shape index (κ3) is 4.10. The molecule has 1 heterocycles. The minimum absolute atomic E-state index is 0.0365. The minimum Gasteiger partial charge on any atom is -0.318 e. The number of thiazole rings is 1. The van der Waals surface area contributed by atoms with Crippen LogP contribution in [-0.2, 0) is 4.79 Å². The fourth-order valence-electron chi connectivity index (χ4n) is 3.76. The molecule has 2 saturated carbocycles.